The molecule has 2 aromatic rings. The maximum atomic E-state index is 4.71. The van der Waals surface area contributed by atoms with E-state index in [4.69, 9.17) is 4.98 Å². The van der Waals surface area contributed by atoms with Gasteiger partial charge in [-0.1, -0.05) is 62.3 Å². The summed E-state index contributed by atoms with van der Waals surface area (Å²) < 4.78 is 2.16. The van der Waals surface area contributed by atoms with Crippen LogP contribution in [0.3, 0.4) is 0 Å². The van der Waals surface area contributed by atoms with Crippen molar-refractivity contribution < 1.29 is 0 Å². The number of nitrogens with one attached hydrogen (secondary N) is 1. The van der Waals surface area contributed by atoms with E-state index in [0.29, 0.717) is 5.92 Å². The van der Waals surface area contributed by atoms with Crippen LogP contribution in [0.4, 0.5) is 0 Å². The van der Waals surface area contributed by atoms with Gasteiger partial charge in [0.05, 0.1) is 0 Å². The van der Waals surface area contributed by atoms with E-state index in [2.05, 4.69) is 94.3 Å². The summed E-state index contributed by atoms with van der Waals surface area (Å²) in [5.41, 5.74) is -0.0886. The summed E-state index contributed by atoms with van der Waals surface area (Å²) in [5.74, 6) is 4.25. The van der Waals surface area contributed by atoms with Gasteiger partial charge in [-0.25, -0.2) is 4.98 Å². The van der Waals surface area contributed by atoms with E-state index in [1.807, 2.05) is 0 Å². The van der Waals surface area contributed by atoms with E-state index in [1.54, 1.807) is 0 Å². The highest BCUT2D eigenvalue weighted by Gasteiger charge is 2.31. The molecule has 1 atom stereocenters. The van der Waals surface area contributed by atoms with Crippen molar-refractivity contribution in [2.24, 2.45) is 7.05 Å². The van der Waals surface area contributed by atoms with Crippen molar-refractivity contribution in [1.29, 1.82) is 0 Å². The van der Waals surface area contributed by atoms with Crippen LogP contribution in [0.1, 0.15) is 104 Å². The van der Waals surface area contributed by atoms with Crippen LogP contribution in [0.5, 0.6) is 0 Å². The fourth-order valence-electron chi connectivity index (χ4n) is 3.23. The molecule has 0 aliphatic heterocycles. The molecule has 6 nitrogen and oxygen atoms in total. The van der Waals surface area contributed by atoms with E-state index in [0.717, 1.165) is 36.1 Å². The molecular formula is C20H36N6. The van der Waals surface area contributed by atoms with Crippen LogP contribution >= 0.6 is 0 Å². The van der Waals surface area contributed by atoms with Crippen molar-refractivity contribution >= 4 is 0 Å². The van der Waals surface area contributed by atoms with Crippen molar-refractivity contribution in [2.75, 3.05) is 0 Å². The number of H-pyrrole nitrogens is 1. The third-order valence-electron chi connectivity index (χ3n) is 4.99. The SMILES string of the molecule is CC(CCC(C)(C)c1nnc(C(C)(C)C)n1C)c1nc(C(C)(C)C)n[nH]1. The molecule has 1 N–H and O–H groups in total. The summed E-state index contributed by atoms with van der Waals surface area (Å²) in [6, 6.07) is 0. The summed E-state index contributed by atoms with van der Waals surface area (Å²) in [6.07, 6.45) is 2.03. The maximum absolute atomic E-state index is 4.71. The normalized spacial score (nSPS) is 14.7. The van der Waals surface area contributed by atoms with E-state index < -0.39 is 0 Å². The van der Waals surface area contributed by atoms with Crippen LogP contribution in [0.25, 0.3) is 0 Å². The standard InChI is InChI=1S/C20H36N6/c1-13(14-21-15(23-22-14)18(2,3)4)11-12-20(8,9)17-25-24-16(26(17)10)19(5,6)7/h13H,11-12H2,1-10H3,(H,21,22,23). The summed E-state index contributed by atoms with van der Waals surface area (Å²) >= 11 is 0. The zero-order valence-corrected chi connectivity index (χ0v) is 18.2. The lowest BCUT2D eigenvalue weighted by atomic mass is 9.83. The first kappa shape index (κ1) is 20.6. The van der Waals surface area contributed by atoms with Gasteiger partial charge in [0.1, 0.15) is 17.5 Å². The highest BCUT2D eigenvalue weighted by Crippen LogP contribution is 2.33. The lowest BCUT2D eigenvalue weighted by Gasteiger charge is -2.26. The molecule has 0 aliphatic carbocycles. The van der Waals surface area contributed by atoms with Gasteiger partial charge >= 0.3 is 0 Å². The minimum atomic E-state index is -0.0492. The second-order valence-corrected chi connectivity index (χ2v) is 10.3. The molecule has 0 radical (unpaired) electrons. The van der Waals surface area contributed by atoms with Crippen molar-refractivity contribution in [3.8, 4) is 0 Å². The molecule has 0 fully saturated rings. The first-order valence-electron chi connectivity index (χ1n) is 9.56. The Morgan fingerprint density at radius 3 is 1.96 bits per heavy atom. The Labute approximate surface area is 158 Å². The molecule has 146 valence electrons. The zero-order valence-electron chi connectivity index (χ0n) is 18.2. The first-order chi connectivity index (χ1) is 11.7. The largest absolute Gasteiger partial charge is 0.317 e. The van der Waals surface area contributed by atoms with Gasteiger partial charge in [0.2, 0.25) is 0 Å². The number of nitrogens with zero attached hydrogens (tertiary/aromatic N) is 5. The Bertz CT molecular complexity index is 739. The van der Waals surface area contributed by atoms with Gasteiger partial charge in [0, 0.05) is 29.2 Å². The Morgan fingerprint density at radius 2 is 1.50 bits per heavy atom. The second-order valence-electron chi connectivity index (χ2n) is 10.3. The van der Waals surface area contributed by atoms with Crippen molar-refractivity contribution in [2.45, 2.75) is 97.3 Å². The van der Waals surface area contributed by atoms with Crippen molar-refractivity contribution in [1.82, 2.24) is 29.9 Å². The molecule has 0 aromatic carbocycles. The lowest BCUT2D eigenvalue weighted by Crippen LogP contribution is -2.25. The second kappa shape index (κ2) is 6.78. The van der Waals surface area contributed by atoms with Crippen LogP contribution in [-0.4, -0.2) is 29.9 Å². The molecule has 0 bridgehead atoms. The van der Waals surface area contributed by atoms with Gasteiger partial charge in [-0.3, -0.25) is 5.10 Å². The van der Waals surface area contributed by atoms with E-state index in [-0.39, 0.29) is 16.2 Å². The van der Waals surface area contributed by atoms with Gasteiger partial charge < -0.3 is 4.57 Å². The first-order valence-corrected chi connectivity index (χ1v) is 9.56. The molecule has 2 aromatic heterocycles. The molecule has 0 amide bonds. The van der Waals surface area contributed by atoms with Gasteiger partial charge in [-0.05, 0) is 12.8 Å². The molecule has 0 aliphatic rings. The third kappa shape index (κ3) is 4.33. The van der Waals surface area contributed by atoms with E-state index in [9.17, 15) is 0 Å². The fourth-order valence-corrected chi connectivity index (χ4v) is 3.23. The van der Waals surface area contributed by atoms with Crippen LogP contribution in [0, 0.1) is 0 Å². The summed E-state index contributed by atoms with van der Waals surface area (Å²) in [6.45, 7) is 19.6. The number of aromatic nitrogens is 6. The Hall–Kier alpha value is -1.72. The smallest absolute Gasteiger partial charge is 0.156 e. The van der Waals surface area contributed by atoms with Crippen LogP contribution in [0.2, 0.25) is 0 Å². The zero-order chi connectivity index (χ0) is 19.9. The summed E-state index contributed by atoms with van der Waals surface area (Å²) in [7, 11) is 2.08. The number of hydrogen-bond donors (Lipinski definition) is 1. The number of aromatic amines is 1. The summed E-state index contributed by atoms with van der Waals surface area (Å²) in [4.78, 5) is 4.71. The molecular weight excluding hydrogens is 324 g/mol. The Kier molecular flexibility index (Phi) is 5.37. The summed E-state index contributed by atoms with van der Waals surface area (Å²) in [5, 5.41) is 16.5. The molecule has 2 heterocycles. The molecule has 26 heavy (non-hydrogen) atoms. The fraction of sp³-hybridized carbons (Fsp3) is 0.800. The third-order valence-corrected chi connectivity index (χ3v) is 4.99. The van der Waals surface area contributed by atoms with Gasteiger partial charge in [-0.15, -0.1) is 10.2 Å². The van der Waals surface area contributed by atoms with Crippen LogP contribution in [-0.2, 0) is 23.3 Å². The highest BCUT2D eigenvalue weighted by atomic mass is 15.3. The molecule has 0 saturated carbocycles. The van der Waals surface area contributed by atoms with Gasteiger partial charge in [0.15, 0.2) is 5.82 Å². The molecule has 0 spiro atoms. The van der Waals surface area contributed by atoms with Crippen LogP contribution < -0.4 is 0 Å². The highest BCUT2D eigenvalue weighted by molar-refractivity contribution is 5.12. The lowest BCUT2D eigenvalue weighted by molar-refractivity contribution is 0.396. The quantitative estimate of drug-likeness (QED) is 0.858. The average Bonchev–Trinajstić information content (AvgIpc) is 3.10. The predicted molar refractivity (Wildman–Crippen MR) is 105 cm³/mol. The number of hydrogen-bond acceptors (Lipinski definition) is 4. The minimum Gasteiger partial charge on any atom is -0.317 e. The maximum Gasteiger partial charge on any atom is 0.156 e. The molecule has 2 rings (SSSR count). The average molecular weight is 361 g/mol. The monoisotopic (exact) mass is 360 g/mol. The van der Waals surface area contributed by atoms with Crippen molar-refractivity contribution in [3.63, 3.8) is 0 Å². The molecule has 6 heteroatoms. The predicted octanol–water partition coefficient (Wildman–Crippen LogP) is 4.39. The minimum absolute atomic E-state index is 0.00737. The van der Waals surface area contributed by atoms with E-state index >= 15 is 0 Å². The topological polar surface area (TPSA) is 72.3 Å². The van der Waals surface area contributed by atoms with Gasteiger partial charge in [0.25, 0.3) is 0 Å². The Morgan fingerprint density at radius 1 is 0.923 bits per heavy atom. The number of rotatable bonds is 5. The molecule has 0 saturated heterocycles. The Balaban J connectivity index is 2.10. The van der Waals surface area contributed by atoms with Crippen LogP contribution in [0.15, 0.2) is 0 Å². The molecule has 1 unspecified atom stereocenters. The van der Waals surface area contributed by atoms with Gasteiger partial charge in [-0.2, -0.15) is 5.10 Å². The van der Waals surface area contributed by atoms with E-state index in [1.165, 1.54) is 0 Å². The van der Waals surface area contributed by atoms with Crippen molar-refractivity contribution in [3.05, 3.63) is 23.3 Å².